The zero-order chi connectivity index (χ0) is 19.3. The molecule has 9 nitrogen and oxygen atoms in total. The second-order valence-electron chi connectivity index (χ2n) is 7.47. The van der Waals surface area contributed by atoms with Crippen LogP contribution in [0.5, 0.6) is 0 Å². The third-order valence-electron chi connectivity index (χ3n) is 5.49. The molecule has 2 aromatic rings. The standard InChI is InChI=1S/C19H30N8O.HI/c1-20-19(26-10-11-28-16(14-26)15-12-22-25(2)13-15)21-8-7-18-24-23-17-6-4-3-5-9-27(17)18;/h12-13,16H,3-11,14H2,1-2H3,(H,20,21);1H. The molecule has 0 spiro atoms. The quantitative estimate of drug-likeness (QED) is 0.379. The Hall–Kier alpha value is -1.69. The van der Waals surface area contributed by atoms with Gasteiger partial charge in [-0.1, -0.05) is 6.42 Å². The first kappa shape index (κ1) is 22.0. The summed E-state index contributed by atoms with van der Waals surface area (Å²) in [5.74, 6) is 3.13. The Kier molecular flexibility index (Phi) is 7.87. The summed E-state index contributed by atoms with van der Waals surface area (Å²) in [7, 11) is 3.76. The largest absolute Gasteiger partial charge is 0.370 e. The second-order valence-corrected chi connectivity index (χ2v) is 7.47. The molecule has 0 amide bonds. The van der Waals surface area contributed by atoms with Crippen molar-refractivity contribution in [3.8, 4) is 0 Å². The van der Waals surface area contributed by atoms with Crippen LogP contribution in [-0.2, 0) is 31.2 Å². The lowest BCUT2D eigenvalue weighted by Gasteiger charge is -2.34. The number of hydrogen-bond donors (Lipinski definition) is 1. The molecule has 160 valence electrons. The number of guanidine groups is 1. The lowest BCUT2D eigenvalue weighted by atomic mass is 10.1. The number of hydrogen-bond acceptors (Lipinski definition) is 5. The highest BCUT2D eigenvalue weighted by Gasteiger charge is 2.25. The van der Waals surface area contributed by atoms with Crippen LogP contribution < -0.4 is 5.32 Å². The van der Waals surface area contributed by atoms with Crippen LogP contribution in [0.2, 0.25) is 0 Å². The van der Waals surface area contributed by atoms with E-state index in [1.807, 2.05) is 31.2 Å². The van der Waals surface area contributed by atoms with Gasteiger partial charge < -0.3 is 19.5 Å². The predicted octanol–water partition coefficient (Wildman–Crippen LogP) is 1.55. The number of ether oxygens (including phenoxy) is 1. The van der Waals surface area contributed by atoms with Crippen molar-refractivity contribution in [2.24, 2.45) is 12.0 Å². The van der Waals surface area contributed by atoms with Crippen molar-refractivity contribution in [1.82, 2.24) is 34.8 Å². The summed E-state index contributed by atoms with van der Waals surface area (Å²) in [6, 6.07) is 0. The summed E-state index contributed by atoms with van der Waals surface area (Å²) in [4.78, 5) is 6.73. The molecule has 1 unspecified atom stereocenters. The predicted molar refractivity (Wildman–Crippen MR) is 122 cm³/mol. The average molecular weight is 514 g/mol. The molecule has 1 N–H and O–H groups in total. The number of aliphatic imine (C=N–C) groups is 1. The number of rotatable bonds is 4. The van der Waals surface area contributed by atoms with E-state index in [2.05, 4.69) is 35.1 Å². The van der Waals surface area contributed by atoms with Crippen LogP contribution in [0.25, 0.3) is 0 Å². The van der Waals surface area contributed by atoms with Gasteiger partial charge in [0.1, 0.15) is 17.8 Å². The van der Waals surface area contributed by atoms with E-state index in [0.717, 1.165) is 62.2 Å². The van der Waals surface area contributed by atoms with E-state index in [1.54, 1.807) is 0 Å². The first-order valence-electron chi connectivity index (χ1n) is 10.2. The van der Waals surface area contributed by atoms with E-state index in [1.165, 1.54) is 19.3 Å². The van der Waals surface area contributed by atoms with Gasteiger partial charge in [-0.3, -0.25) is 9.67 Å². The molecule has 10 heteroatoms. The van der Waals surface area contributed by atoms with Crippen LogP contribution >= 0.6 is 24.0 Å². The summed E-state index contributed by atoms with van der Waals surface area (Å²) in [6.45, 7) is 4.11. The normalized spacial score (nSPS) is 20.0. The lowest BCUT2D eigenvalue weighted by Crippen LogP contribution is -2.48. The van der Waals surface area contributed by atoms with Crippen molar-refractivity contribution in [3.05, 3.63) is 29.6 Å². The van der Waals surface area contributed by atoms with Gasteiger partial charge in [0.2, 0.25) is 0 Å². The van der Waals surface area contributed by atoms with Crippen molar-refractivity contribution < 1.29 is 4.74 Å². The van der Waals surface area contributed by atoms with Crippen molar-refractivity contribution in [2.75, 3.05) is 33.3 Å². The minimum atomic E-state index is 0. The highest BCUT2D eigenvalue weighted by molar-refractivity contribution is 14.0. The SMILES string of the molecule is CN=C(NCCc1nnc2n1CCCCC2)N1CCOC(c2cnn(C)c2)C1.I. The topological polar surface area (TPSA) is 85.4 Å². The van der Waals surface area contributed by atoms with Crippen LogP contribution in [-0.4, -0.2) is 68.7 Å². The molecule has 1 fully saturated rings. The van der Waals surface area contributed by atoms with Crippen LogP contribution in [0.1, 0.15) is 42.6 Å². The van der Waals surface area contributed by atoms with Gasteiger partial charge in [-0.25, -0.2) is 0 Å². The summed E-state index contributed by atoms with van der Waals surface area (Å²) >= 11 is 0. The first-order chi connectivity index (χ1) is 13.7. The summed E-state index contributed by atoms with van der Waals surface area (Å²) in [6.07, 6.45) is 9.53. The summed E-state index contributed by atoms with van der Waals surface area (Å²) in [5, 5.41) is 16.6. The van der Waals surface area contributed by atoms with Crippen LogP contribution in [0.15, 0.2) is 17.4 Å². The Bertz CT molecular complexity index is 817. The van der Waals surface area contributed by atoms with Gasteiger partial charge in [0, 0.05) is 58.3 Å². The Morgan fingerprint density at radius 2 is 2.17 bits per heavy atom. The molecule has 4 heterocycles. The fraction of sp³-hybridized carbons (Fsp3) is 0.684. The Labute approximate surface area is 188 Å². The molecule has 2 aliphatic rings. The zero-order valence-corrected chi connectivity index (χ0v) is 19.6. The number of aryl methyl sites for hydroxylation is 2. The fourth-order valence-electron chi connectivity index (χ4n) is 4.00. The molecule has 2 aromatic heterocycles. The van der Waals surface area contributed by atoms with E-state index in [-0.39, 0.29) is 30.1 Å². The fourth-order valence-corrected chi connectivity index (χ4v) is 4.00. The smallest absolute Gasteiger partial charge is 0.193 e. The monoisotopic (exact) mass is 514 g/mol. The van der Waals surface area contributed by atoms with Crippen LogP contribution in [0.4, 0.5) is 0 Å². The molecule has 1 atom stereocenters. The average Bonchev–Trinajstić information content (AvgIpc) is 3.24. The third kappa shape index (κ3) is 5.27. The number of fused-ring (bicyclic) bond motifs is 1. The van der Waals surface area contributed by atoms with Crippen molar-refractivity contribution in [1.29, 1.82) is 0 Å². The molecule has 1 saturated heterocycles. The lowest BCUT2D eigenvalue weighted by molar-refractivity contribution is -0.00801. The Morgan fingerprint density at radius 3 is 2.97 bits per heavy atom. The molecule has 0 saturated carbocycles. The Balaban J connectivity index is 0.00000240. The number of halogens is 1. The van der Waals surface area contributed by atoms with Gasteiger partial charge in [-0.2, -0.15) is 5.10 Å². The van der Waals surface area contributed by atoms with E-state index in [9.17, 15) is 0 Å². The van der Waals surface area contributed by atoms with Crippen molar-refractivity contribution in [3.63, 3.8) is 0 Å². The van der Waals surface area contributed by atoms with Gasteiger partial charge in [-0.15, -0.1) is 34.2 Å². The molecule has 0 radical (unpaired) electrons. The maximum Gasteiger partial charge on any atom is 0.193 e. The van der Waals surface area contributed by atoms with Crippen LogP contribution in [0, 0.1) is 0 Å². The maximum absolute atomic E-state index is 5.94. The molecule has 0 bridgehead atoms. The third-order valence-corrected chi connectivity index (χ3v) is 5.49. The molecule has 29 heavy (non-hydrogen) atoms. The van der Waals surface area contributed by atoms with E-state index in [0.29, 0.717) is 6.61 Å². The molecule has 0 aliphatic carbocycles. The van der Waals surface area contributed by atoms with Gasteiger partial charge in [0.05, 0.1) is 19.3 Å². The number of nitrogens with zero attached hydrogens (tertiary/aromatic N) is 7. The highest BCUT2D eigenvalue weighted by atomic mass is 127. The van der Waals surface area contributed by atoms with E-state index in [4.69, 9.17) is 4.74 Å². The second kappa shape index (κ2) is 10.4. The van der Waals surface area contributed by atoms with Crippen LogP contribution in [0.3, 0.4) is 0 Å². The minimum Gasteiger partial charge on any atom is -0.370 e. The van der Waals surface area contributed by atoms with E-state index < -0.39 is 0 Å². The van der Waals surface area contributed by atoms with Gasteiger partial charge in [0.15, 0.2) is 5.96 Å². The Morgan fingerprint density at radius 1 is 1.28 bits per heavy atom. The maximum atomic E-state index is 5.94. The van der Waals surface area contributed by atoms with Gasteiger partial charge >= 0.3 is 0 Å². The summed E-state index contributed by atoms with van der Waals surface area (Å²) in [5.41, 5.74) is 1.11. The molecule has 0 aromatic carbocycles. The van der Waals surface area contributed by atoms with E-state index >= 15 is 0 Å². The minimum absolute atomic E-state index is 0. The first-order valence-corrected chi connectivity index (χ1v) is 10.2. The molecular formula is C19H31IN8O. The highest BCUT2D eigenvalue weighted by Crippen LogP contribution is 2.21. The zero-order valence-electron chi connectivity index (χ0n) is 17.3. The molecular weight excluding hydrogens is 483 g/mol. The van der Waals surface area contributed by atoms with Crippen molar-refractivity contribution >= 4 is 29.9 Å². The summed E-state index contributed by atoms with van der Waals surface area (Å²) < 4.78 is 10.1. The van der Waals surface area contributed by atoms with Crippen molar-refractivity contribution in [2.45, 2.75) is 44.8 Å². The number of morpholine rings is 1. The number of aromatic nitrogens is 5. The number of nitrogens with one attached hydrogen (secondary N) is 1. The molecule has 4 rings (SSSR count). The van der Waals surface area contributed by atoms with Gasteiger partial charge in [0.25, 0.3) is 0 Å². The van der Waals surface area contributed by atoms with Gasteiger partial charge in [-0.05, 0) is 12.8 Å². The molecule has 2 aliphatic heterocycles.